The molecule has 194 valence electrons. The van der Waals surface area contributed by atoms with E-state index < -0.39 is 35.7 Å². The molecule has 0 radical (unpaired) electrons. The molecule has 0 spiro atoms. The molecule has 0 saturated heterocycles. The molecule has 10 heteroatoms. The molecule has 0 heterocycles. The zero-order valence-electron chi connectivity index (χ0n) is 20.4. The summed E-state index contributed by atoms with van der Waals surface area (Å²) in [6, 6.07) is 14.0. The number of hydrogen-bond donors (Lipinski definition) is 4. The number of ether oxygens (including phenoxy) is 2. The van der Waals surface area contributed by atoms with Crippen LogP contribution < -0.4 is 10.6 Å². The lowest BCUT2D eigenvalue weighted by molar-refractivity contribution is -0.178. The summed E-state index contributed by atoms with van der Waals surface area (Å²) in [5, 5.41) is 23.8. The smallest absolute Gasteiger partial charge is 0.395 e. The van der Waals surface area contributed by atoms with Gasteiger partial charge in [0.15, 0.2) is 0 Å². The highest BCUT2D eigenvalue weighted by atomic mass is 16.6. The first kappa shape index (κ1) is 28.8. The number of aliphatic hydroxyl groups is 2. The van der Waals surface area contributed by atoms with E-state index >= 15 is 0 Å². The molecule has 0 aliphatic heterocycles. The van der Waals surface area contributed by atoms with Crippen LogP contribution in [0.25, 0.3) is 0 Å². The van der Waals surface area contributed by atoms with E-state index in [2.05, 4.69) is 20.1 Å². The Morgan fingerprint density at radius 3 is 1.47 bits per heavy atom. The van der Waals surface area contributed by atoms with Crippen LogP contribution in [0.3, 0.4) is 0 Å². The zero-order valence-corrected chi connectivity index (χ0v) is 20.4. The topological polar surface area (TPSA) is 151 Å². The number of benzene rings is 2. The fourth-order valence-electron chi connectivity index (χ4n) is 3.28. The molecule has 2 aromatic carbocycles. The Labute approximate surface area is 209 Å². The van der Waals surface area contributed by atoms with E-state index in [0.29, 0.717) is 37.3 Å². The summed E-state index contributed by atoms with van der Waals surface area (Å²) in [4.78, 5) is 49.0. The van der Waals surface area contributed by atoms with Crippen molar-refractivity contribution in [1.82, 2.24) is 10.6 Å². The first-order valence-corrected chi connectivity index (χ1v) is 11.6. The Morgan fingerprint density at radius 1 is 0.722 bits per heavy atom. The Kier molecular flexibility index (Phi) is 11.9. The van der Waals surface area contributed by atoms with Crippen LogP contribution in [-0.4, -0.2) is 60.4 Å². The van der Waals surface area contributed by atoms with Crippen molar-refractivity contribution in [3.8, 4) is 0 Å². The van der Waals surface area contributed by atoms with Crippen molar-refractivity contribution in [3.63, 3.8) is 0 Å². The van der Waals surface area contributed by atoms with Crippen molar-refractivity contribution in [2.75, 3.05) is 26.3 Å². The molecule has 10 nitrogen and oxygen atoms in total. The molecule has 36 heavy (non-hydrogen) atoms. The van der Waals surface area contributed by atoms with Crippen molar-refractivity contribution in [3.05, 3.63) is 70.8 Å². The molecule has 0 fully saturated rings. The average Bonchev–Trinajstić information content (AvgIpc) is 2.88. The molecular formula is C26H32N2O8. The minimum Gasteiger partial charge on any atom is -0.395 e. The van der Waals surface area contributed by atoms with E-state index in [1.807, 2.05) is 12.1 Å². The Morgan fingerprint density at radius 2 is 1.11 bits per heavy atom. The summed E-state index contributed by atoms with van der Waals surface area (Å²) in [5.74, 6) is -6.76. The van der Waals surface area contributed by atoms with Crippen LogP contribution in [0.1, 0.15) is 47.9 Å². The fraction of sp³-hybridized carbons (Fsp3) is 0.385. The highest BCUT2D eigenvalue weighted by Crippen LogP contribution is 2.20. The lowest BCUT2D eigenvalue weighted by atomic mass is 9.99. The number of carbonyl (C=O) groups excluding carboxylic acids is 4. The van der Waals surface area contributed by atoms with Crippen LogP contribution in [0, 0.1) is 0 Å². The predicted molar refractivity (Wildman–Crippen MR) is 129 cm³/mol. The lowest BCUT2D eigenvalue weighted by Gasteiger charge is -2.13. The van der Waals surface area contributed by atoms with Crippen molar-refractivity contribution < 1.29 is 38.9 Å². The number of aliphatic hydroxyl groups excluding tert-OH is 2. The Bertz CT molecular complexity index is 972. The Balaban J connectivity index is 1.92. The minimum absolute atomic E-state index is 0.00278. The van der Waals surface area contributed by atoms with E-state index in [1.54, 1.807) is 36.4 Å². The van der Waals surface area contributed by atoms with Crippen LogP contribution >= 0.6 is 0 Å². The van der Waals surface area contributed by atoms with Crippen molar-refractivity contribution in [2.24, 2.45) is 0 Å². The second-order valence-electron chi connectivity index (χ2n) is 8.15. The normalized spacial score (nSPS) is 12.4. The maximum absolute atomic E-state index is 12.4. The summed E-state index contributed by atoms with van der Waals surface area (Å²) in [7, 11) is 0. The van der Waals surface area contributed by atoms with E-state index in [1.165, 1.54) is 13.8 Å². The van der Waals surface area contributed by atoms with Gasteiger partial charge in [-0.2, -0.15) is 0 Å². The standard InChI is InChI=1S/C26H32N2O8/c1-17(21-7-3-5-19(13-21)15-27-9-11-29)23(31)35-25(33)26(34)36-24(32)18(2)22-8-4-6-20(14-22)16-28-10-12-30/h3-8,13-14,17-18,27-30H,9-12,15-16H2,1-2H3. The van der Waals surface area contributed by atoms with Crippen molar-refractivity contribution in [1.29, 1.82) is 0 Å². The van der Waals surface area contributed by atoms with Gasteiger partial charge < -0.3 is 30.3 Å². The minimum atomic E-state index is -1.57. The first-order chi connectivity index (χ1) is 17.3. The summed E-state index contributed by atoms with van der Waals surface area (Å²) in [6.45, 7) is 4.84. The number of hydrogen-bond acceptors (Lipinski definition) is 10. The maximum Gasteiger partial charge on any atom is 0.425 e. The molecule has 0 bridgehead atoms. The quantitative estimate of drug-likeness (QED) is 0.143. The molecule has 0 aromatic heterocycles. The van der Waals surface area contributed by atoms with Crippen LogP contribution in [0.5, 0.6) is 0 Å². The molecule has 2 atom stereocenters. The SMILES string of the molecule is CC(C(=O)OC(=O)C(=O)OC(=O)C(C)c1cccc(CNCCO)c1)c1cccc(CNCCO)c1. The third kappa shape index (κ3) is 8.97. The summed E-state index contributed by atoms with van der Waals surface area (Å²) in [5.41, 5.74) is 2.86. The molecule has 0 amide bonds. The molecule has 0 saturated carbocycles. The largest absolute Gasteiger partial charge is 0.425 e. The van der Waals surface area contributed by atoms with Gasteiger partial charge in [-0.05, 0) is 36.1 Å². The third-order valence-corrected chi connectivity index (χ3v) is 5.40. The van der Waals surface area contributed by atoms with Crippen LogP contribution in [0.15, 0.2) is 48.5 Å². The molecule has 0 aliphatic carbocycles. The molecule has 2 aromatic rings. The van der Waals surface area contributed by atoms with Crippen LogP contribution in [0.4, 0.5) is 0 Å². The first-order valence-electron chi connectivity index (χ1n) is 11.6. The number of carbonyl (C=O) groups is 4. The van der Waals surface area contributed by atoms with E-state index in [9.17, 15) is 19.2 Å². The van der Waals surface area contributed by atoms with Crippen molar-refractivity contribution >= 4 is 23.9 Å². The summed E-state index contributed by atoms with van der Waals surface area (Å²) >= 11 is 0. The maximum atomic E-state index is 12.4. The monoisotopic (exact) mass is 500 g/mol. The number of nitrogens with one attached hydrogen (secondary N) is 2. The molecule has 0 aliphatic rings. The zero-order chi connectivity index (χ0) is 26.5. The molecular weight excluding hydrogens is 468 g/mol. The van der Waals surface area contributed by atoms with Gasteiger partial charge in [-0.1, -0.05) is 48.5 Å². The lowest BCUT2D eigenvalue weighted by Crippen LogP contribution is -2.29. The molecule has 2 rings (SSSR count). The van der Waals surface area contributed by atoms with Gasteiger partial charge in [0, 0.05) is 26.2 Å². The van der Waals surface area contributed by atoms with Gasteiger partial charge >= 0.3 is 23.9 Å². The highest BCUT2D eigenvalue weighted by Gasteiger charge is 2.29. The Hall–Kier alpha value is -3.44. The second kappa shape index (κ2) is 14.8. The van der Waals surface area contributed by atoms with Gasteiger partial charge in [-0.25, -0.2) is 9.59 Å². The molecule has 4 N–H and O–H groups in total. The van der Waals surface area contributed by atoms with Gasteiger partial charge in [0.25, 0.3) is 0 Å². The van der Waals surface area contributed by atoms with Crippen LogP contribution in [-0.2, 0) is 41.7 Å². The van der Waals surface area contributed by atoms with Gasteiger partial charge in [0.2, 0.25) is 0 Å². The van der Waals surface area contributed by atoms with Gasteiger partial charge in [0.1, 0.15) is 0 Å². The number of esters is 4. The highest BCUT2D eigenvalue weighted by molar-refractivity contribution is 6.33. The van der Waals surface area contributed by atoms with E-state index in [4.69, 9.17) is 10.2 Å². The average molecular weight is 501 g/mol. The summed E-state index contributed by atoms with van der Waals surface area (Å²) in [6.07, 6.45) is 0. The van der Waals surface area contributed by atoms with Gasteiger partial charge in [-0.3, -0.25) is 9.59 Å². The predicted octanol–water partition coefficient (Wildman–Crippen LogP) is 0.897. The van der Waals surface area contributed by atoms with Gasteiger partial charge in [0.05, 0.1) is 25.0 Å². The van der Waals surface area contributed by atoms with Crippen LogP contribution in [0.2, 0.25) is 0 Å². The van der Waals surface area contributed by atoms with Crippen molar-refractivity contribution in [2.45, 2.75) is 38.8 Å². The van der Waals surface area contributed by atoms with E-state index in [0.717, 1.165) is 11.1 Å². The second-order valence-corrected chi connectivity index (χ2v) is 8.15. The third-order valence-electron chi connectivity index (χ3n) is 5.40. The van der Waals surface area contributed by atoms with Gasteiger partial charge in [-0.15, -0.1) is 0 Å². The fourth-order valence-corrected chi connectivity index (χ4v) is 3.28. The van der Waals surface area contributed by atoms with E-state index in [-0.39, 0.29) is 13.2 Å². The summed E-state index contributed by atoms with van der Waals surface area (Å²) < 4.78 is 9.29. The number of rotatable bonds is 12. The molecule has 2 unspecified atom stereocenters.